The van der Waals surface area contributed by atoms with Crippen molar-refractivity contribution >= 4 is 11.6 Å². The Bertz CT molecular complexity index is 967. The lowest BCUT2D eigenvalue weighted by atomic mass is 10.0. The molecule has 1 fully saturated rings. The summed E-state index contributed by atoms with van der Waals surface area (Å²) in [4.78, 5) is 41.7. The molecule has 1 aromatic carbocycles. The van der Waals surface area contributed by atoms with E-state index in [2.05, 4.69) is 15.3 Å². The van der Waals surface area contributed by atoms with Crippen LogP contribution in [0.4, 0.5) is 5.69 Å². The van der Waals surface area contributed by atoms with Gasteiger partial charge in [-0.25, -0.2) is 4.79 Å². The van der Waals surface area contributed by atoms with Crippen LogP contribution in [0.15, 0.2) is 34.0 Å². The van der Waals surface area contributed by atoms with Crippen molar-refractivity contribution in [2.24, 2.45) is 0 Å². The molecular weight excluding hydrogens is 352 g/mol. The number of hydrogen-bond donors (Lipinski definition) is 3. The summed E-state index contributed by atoms with van der Waals surface area (Å²) in [6, 6.07) is 5.78. The second kappa shape index (κ2) is 7.18. The van der Waals surface area contributed by atoms with Gasteiger partial charge in [-0.3, -0.25) is 14.6 Å². The molecule has 1 atom stereocenters. The molecule has 1 amide bonds. The highest BCUT2D eigenvalue weighted by Crippen LogP contribution is 2.34. The maximum atomic E-state index is 12.6. The van der Waals surface area contributed by atoms with Crippen LogP contribution >= 0.6 is 0 Å². The second-order valence-electron chi connectivity index (χ2n) is 6.67. The summed E-state index contributed by atoms with van der Waals surface area (Å²) in [5.74, 6) is 1.30. The van der Waals surface area contributed by atoms with Gasteiger partial charge >= 0.3 is 5.69 Å². The first kappa shape index (κ1) is 17.2. The van der Waals surface area contributed by atoms with Gasteiger partial charge in [0.25, 0.3) is 5.56 Å². The maximum absolute atomic E-state index is 12.6. The normalized spacial score (nSPS) is 18.4. The summed E-state index contributed by atoms with van der Waals surface area (Å²) in [7, 11) is 0. The van der Waals surface area contributed by atoms with Crippen LogP contribution in [0, 0.1) is 0 Å². The van der Waals surface area contributed by atoms with Gasteiger partial charge in [0.15, 0.2) is 11.5 Å². The molecule has 2 aliphatic rings. The number of H-pyrrole nitrogens is 2. The van der Waals surface area contributed by atoms with Crippen LogP contribution in [0.5, 0.6) is 11.5 Å². The number of ether oxygens (including phenoxy) is 2. The Morgan fingerprint density at radius 1 is 1.26 bits per heavy atom. The summed E-state index contributed by atoms with van der Waals surface area (Å²) in [5, 5.41) is 3.43. The number of piperidine rings is 1. The molecule has 4 rings (SSSR count). The summed E-state index contributed by atoms with van der Waals surface area (Å²) < 4.78 is 10.7. The monoisotopic (exact) mass is 372 g/mol. The topological polar surface area (TPSA) is 117 Å². The van der Waals surface area contributed by atoms with Crippen LogP contribution in [-0.2, 0) is 11.2 Å². The Morgan fingerprint density at radius 2 is 2.11 bits per heavy atom. The molecule has 3 N–H and O–H groups in total. The Labute approximate surface area is 154 Å². The lowest BCUT2D eigenvalue weighted by Crippen LogP contribution is -2.46. The first-order valence-corrected chi connectivity index (χ1v) is 8.83. The van der Waals surface area contributed by atoms with Crippen molar-refractivity contribution in [2.75, 3.05) is 25.2 Å². The van der Waals surface area contributed by atoms with Crippen molar-refractivity contribution in [2.45, 2.75) is 25.3 Å². The fourth-order valence-electron chi connectivity index (χ4n) is 3.39. The molecule has 2 aliphatic heterocycles. The van der Waals surface area contributed by atoms with E-state index >= 15 is 0 Å². The molecule has 0 bridgehead atoms. The summed E-state index contributed by atoms with van der Waals surface area (Å²) in [5.41, 5.74) is 0.0578. The van der Waals surface area contributed by atoms with E-state index in [0.717, 1.165) is 24.3 Å². The van der Waals surface area contributed by atoms with E-state index < -0.39 is 11.2 Å². The Morgan fingerprint density at radius 3 is 2.96 bits per heavy atom. The van der Waals surface area contributed by atoms with Gasteiger partial charge in [0.1, 0.15) is 0 Å². The van der Waals surface area contributed by atoms with E-state index in [1.54, 1.807) is 4.90 Å². The number of carbonyl (C=O) groups is 1. The van der Waals surface area contributed by atoms with Crippen LogP contribution in [0.3, 0.4) is 0 Å². The van der Waals surface area contributed by atoms with E-state index in [9.17, 15) is 14.4 Å². The molecule has 2 aromatic rings. The Balaban J connectivity index is 1.39. The van der Waals surface area contributed by atoms with Crippen molar-refractivity contribution in [1.29, 1.82) is 0 Å². The zero-order chi connectivity index (χ0) is 18.8. The number of hydrogen-bond acceptors (Lipinski definition) is 6. The van der Waals surface area contributed by atoms with Crippen molar-refractivity contribution in [3.63, 3.8) is 0 Å². The highest BCUT2D eigenvalue weighted by atomic mass is 16.7. The highest BCUT2D eigenvalue weighted by molar-refractivity contribution is 5.78. The number of aromatic nitrogens is 2. The van der Waals surface area contributed by atoms with Gasteiger partial charge in [-0.2, -0.15) is 0 Å². The third-order valence-corrected chi connectivity index (χ3v) is 4.76. The summed E-state index contributed by atoms with van der Waals surface area (Å²) in [6.07, 6.45) is 3.07. The SMILES string of the molecule is O=C(Cc1c[nH]c(=O)[nH]c1=O)N1CCC[C@H](Nc2ccc3c(c2)OCO3)C1. The number of fused-ring (bicyclic) bond motifs is 1. The maximum Gasteiger partial charge on any atom is 0.325 e. The summed E-state index contributed by atoms with van der Waals surface area (Å²) in [6.45, 7) is 1.43. The third kappa shape index (κ3) is 3.81. The predicted molar refractivity (Wildman–Crippen MR) is 97.2 cm³/mol. The number of likely N-dealkylation sites (tertiary alicyclic amines) is 1. The molecule has 142 valence electrons. The minimum Gasteiger partial charge on any atom is -0.454 e. The molecule has 0 radical (unpaired) electrons. The number of amides is 1. The van der Waals surface area contributed by atoms with Crippen molar-refractivity contribution in [3.05, 3.63) is 50.8 Å². The van der Waals surface area contributed by atoms with Gasteiger partial charge in [0.05, 0.1) is 6.42 Å². The standard InChI is InChI=1S/C18H20N4O5/c23-16(6-11-8-19-18(25)21-17(11)24)22-5-1-2-13(9-22)20-12-3-4-14-15(7-12)27-10-26-14/h3-4,7-8,13,20H,1-2,5-6,9-10H2,(H2,19,21,24,25)/t13-/m0/s1. The molecule has 27 heavy (non-hydrogen) atoms. The molecule has 9 nitrogen and oxygen atoms in total. The van der Waals surface area contributed by atoms with Crippen molar-refractivity contribution in [3.8, 4) is 11.5 Å². The minimum absolute atomic E-state index is 0.0388. The largest absolute Gasteiger partial charge is 0.454 e. The number of anilines is 1. The minimum atomic E-state index is -0.581. The fourth-order valence-corrected chi connectivity index (χ4v) is 3.39. The van der Waals surface area contributed by atoms with E-state index in [-0.39, 0.29) is 30.7 Å². The van der Waals surface area contributed by atoms with Crippen LogP contribution in [0.1, 0.15) is 18.4 Å². The molecule has 1 aromatic heterocycles. The smallest absolute Gasteiger partial charge is 0.325 e. The highest BCUT2D eigenvalue weighted by Gasteiger charge is 2.25. The number of carbonyl (C=O) groups excluding carboxylic acids is 1. The summed E-state index contributed by atoms with van der Waals surface area (Å²) >= 11 is 0. The Hall–Kier alpha value is -3.23. The zero-order valence-electron chi connectivity index (χ0n) is 14.6. The van der Waals surface area contributed by atoms with Crippen LogP contribution in [0.2, 0.25) is 0 Å². The molecule has 0 spiro atoms. The second-order valence-corrected chi connectivity index (χ2v) is 6.67. The third-order valence-electron chi connectivity index (χ3n) is 4.76. The van der Waals surface area contributed by atoms with Gasteiger partial charge in [-0.15, -0.1) is 0 Å². The van der Waals surface area contributed by atoms with Gasteiger partial charge < -0.3 is 24.7 Å². The van der Waals surface area contributed by atoms with E-state index in [0.29, 0.717) is 18.8 Å². The number of benzene rings is 1. The van der Waals surface area contributed by atoms with Gasteiger partial charge in [-0.05, 0) is 25.0 Å². The lowest BCUT2D eigenvalue weighted by Gasteiger charge is -2.33. The van der Waals surface area contributed by atoms with Crippen LogP contribution in [0.25, 0.3) is 0 Å². The molecule has 9 heteroatoms. The van der Waals surface area contributed by atoms with E-state index in [1.165, 1.54) is 6.20 Å². The number of aromatic amines is 2. The molecule has 0 aliphatic carbocycles. The Kier molecular flexibility index (Phi) is 4.57. The molecule has 3 heterocycles. The van der Waals surface area contributed by atoms with Gasteiger partial charge in [0, 0.05) is 42.6 Å². The van der Waals surface area contributed by atoms with Gasteiger partial charge in [-0.1, -0.05) is 0 Å². The predicted octanol–water partition coefficient (Wildman–Crippen LogP) is 0.438. The van der Waals surface area contributed by atoms with E-state index in [1.807, 2.05) is 18.2 Å². The van der Waals surface area contributed by atoms with Gasteiger partial charge in [0.2, 0.25) is 12.7 Å². The first-order valence-electron chi connectivity index (χ1n) is 8.83. The van der Waals surface area contributed by atoms with E-state index in [4.69, 9.17) is 9.47 Å². The fraction of sp³-hybridized carbons (Fsp3) is 0.389. The van der Waals surface area contributed by atoms with Crippen LogP contribution < -0.4 is 26.0 Å². The number of nitrogens with zero attached hydrogens (tertiary/aromatic N) is 1. The average Bonchev–Trinajstić information content (AvgIpc) is 3.12. The average molecular weight is 372 g/mol. The quantitative estimate of drug-likeness (QED) is 0.717. The number of rotatable bonds is 4. The number of nitrogens with one attached hydrogen (secondary N) is 3. The molecule has 1 saturated heterocycles. The first-order chi connectivity index (χ1) is 13.1. The zero-order valence-corrected chi connectivity index (χ0v) is 14.6. The lowest BCUT2D eigenvalue weighted by molar-refractivity contribution is -0.131. The molecule has 0 saturated carbocycles. The van der Waals surface area contributed by atoms with Crippen molar-refractivity contribution < 1.29 is 14.3 Å². The molecular formula is C18H20N4O5. The molecule has 0 unspecified atom stereocenters. The van der Waals surface area contributed by atoms with Crippen molar-refractivity contribution in [1.82, 2.24) is 14.9 Å². The van der Waals surface area contributed by atoms with Crippen LogP contribution in [-0.4, -0.2) is 46.7 Å².